The van der Waals surface area contributed by atoms with Crippen molar-refractivity contribution in [3.63, 3.8) is 0 Å². The quantitative estimate of drug-likeness (QED) is 0.587. The summed E-state index contributed by atoms with van der Waals surface area (Å²) in [6, 6.07) is 0. The summed E-state index contributed by atoms with van der Waals surface area (Å²) in [7, 11) is 2.73. The number of allylic oxidation sites excluding steroid dienone is 4. The van der Waals surface area contributed by atoms with Crippen LogP contribution in [0.4, 0.5) is 0 Å². The predicted molar refractivity (Wildman–Crippen MR) is 128 cm³/mol. The van der Waals surface area contributed by atoms with Crippen LogP contribution in [0, 0.1) is 34.5 Å². The molecule has 0 amide bonds. The first-order valence-corrected chi connectivity index (χ1v) is 13.0. The lowest BCUT2D eigenvalue weighted by Crippen LogP contribution is -2.63. The van der Waals surface area contributed by atoms with Crippen LogP contribution in [-0.2, 0) is 33.3 Å². The molecule has 3 saturated carbocycles. The first-order valence-electron chi connectivity index (χ1n) is 13.0. The van der Waals surface area contributed by atoms with Gasteiger partial charge in [-0.25, -0.2) is 4.79 Å². The maximum Gasteiger partial charge on any atom is 0.338 e. The summed E-state index contributed by atoms with van der Waals surface area (Å²) < 4.78 is 22.9. The van der Waals surface area contributed by atoms with Crippen LogP contribution in [0.5, 0.6) is 0 Å². The predicted octanol–water partition coefficient (Wildman–Crippen LogP) is 3.12. The number of esters is 2. The van der Waals surface area contributed by atoms with E-state index in [-0.39, 0.29) is 41.8 Å². The highest BCUT2D eigenvalue weighted by Gasteiger charge is 2.74. The zero-order chi connectivity index (χ0) is 26.3. The maximum atomic E-state index is 12.9. The molecule has 36 heavy (non-hydrogen) atoms. The fraction of sp³-hybridized carbons (Fsp3) is 0.750. The minimum absolute atomic E-state index is 0.0541. The Morgan fingerprint density at radius 3 is 2.56 bits per heavy atom. The second-order valence-electron chi connectivity index (χ2n) is 12.3. The zero-order valence-corrected chi connectivity index (χ0v) is 22.0. The van der Waals surface area contributed by atoms with Crippen LogP contribution in [-0.4, -0.2) is 60.6 Å². The number of aliphatic hydroxyl groups is 1. The average molecular weight is 503 g/mol. The molecule has 0 radical (unpaired) electrons. The molecule has 1 N–H and O–H groups in total. The normalized spacial score (nSPS) is 46.5. The van der Waals surface area contributed by atoms with E-state index in [2.05, 4.69) is 13.8 Å². The van der Waals surface area contributed by atoms with Gasteiger partial charge in [0, 0.05) is 16.7 Å². The summed E-state index contributed by atoms with van der Waals surface area (Å²) in [6.45, 7) is 7.82. The van der Waals surface area contributed by atoms with Gasteiger partial charge in [0.25, 0.3) is 0 Å². The molecule has 8 nitrogen and oxygen atoms in total. The number of fused-ring (bicyclic) bond motifs is 6. The van der Waals surface area contributed by atoms with Gasteiger partial charge in [-0.05, 0) is 69.4 Å². The molecular formula is C28H38O8. The van der Waals surface area contributed by atoms with Crippen molar-refractivity contribution in [2.45, 2.75) is 83.4 Å². The maximum absolute atomic E-state index is 12.9. The van der Waals surface area contributed by atoms with Crippen molar-refractivity contribution in [2.75, 3.05) is 14.2 Å². The van der Waals surface area contributed by atoms with Gasteiger partial charge in [0.2, 0.25) is 0 Å². The Bertz CT molecular complexity index is 1040. The van der Waals surface area contributed by atoms with E-state index >= 15 is 0 Å². The summed E-state index contributed by atoms with van der Waals surface area (Å²) >= 11 is 0. The topological polar surface area (TPSA) is 108 Å². The molecule has 5 rings (SSSR count). The van der Waals surface area contributed by atoms with Crippen molar-refractivity contribution in [3.05, 3.63) is 23.8 Å². The van der Waals surface area contributed by atoms with Gasteiger partial charge in [-0.3, -0.25) is 9.59 Å². The van der Waals surface area contributed by atoms with Gasteiger partial charge in [0.1, 0.15) is 5.60 Å². The van der Waals surface area contributed by atoms with Gasteiger partial charge in [-0.2, -0.15) is 0 Å². The van der Waals surface area contributed by atoms with E-state index in [1.807, 2.05) is 19.9 Å². The number of hydrogen-bond acceptors (Lipinski definition) is 8. The number of hydrogen-bond donors (Lipinski definition) is 1. The molecule has 1 saturated heterocycles. The van der Waals surface area contributed by atoms with Crippen molar-refractivity contribution in [3.8, 4) is 0 Å². The summed E-state index contributed by atoms with van der Waals surface area (Å²) in [4.78, 5) is 37.7. The number of carbonyl (C=O) groups is 3. The van der Waals surface area contributed by atoms with Gasteiger partial charge < -0.3 is 24.1 Å². The number of rotatable bonds is 3. The van der Waals surface area contributed by atoms with Crippen LogP contribution in [0.25, 0.3) is 0 Å². The molecule has 198 valence electrons. The number of aliphatic hydroxyl groups excluding tert-OH is 1. The van der Waals surface area contributed by atoms with E-state index in [1.54, 1.807) is 12.2 Å². The molecule has 0 aromatic carbocycles. The van der Waals surface area contributed by atoms with Gasteiger partial charge in [-0.15, -0.1) is 0 Å². The first kappa shape index (κ1) is 25.6. The summed E-state index contributed by atoms with van der Waals surface area (Å²) in [5.74, 6) is -1.95. The minimum atomic E-state index is -0.965. The van der Waals surface area contributed by atoms with Crippen LogP contribution in [0.1, 0.15) is 59.8 Å². The van der Waals surface area contributed by atoms with Crippen LogP contribution in [0.15, 0.2) is 23.8 Å². The molecule has 1 heterocycles. The fourth-order valence-corrected chi connectivity index (χ4v) is 8.89. The van der Waals surface area contributed by atoms with Gasteiger partial charge in [-0.1, -0.05) is 25.5 Å². The molecule has 8 heteroatoms. The number of ether oxygens (including phenoxy) is 4. The van der Waals surface area contributed by atoms with Gasteiger partial charge in [0.05, 0.1) is 26.7 Å². The van der Waals surface area contributed by atoms with E-state index in [1.165, 1.54) is 14.2 Å². The molecular weight excluding hydrogens is 464 g/mol. The molecule has 0 aromatic rings. The summed E-state index contributed by atoms with van der Waals surface area (Å²) in [5.41, 5.74) is -1.12. The SMILES string of the molecule is COC(=O)C[C@H]1C[C@@H]2[C@H]([C@@H](O)C[C@@]3(C)[C@H]2CC[C@@]32OC(C)(C)O[C@@H]2C(=O)OC)[C@@]2(C)C=CC(=O)C=C12. The van der Waals surface area contributed by atoms with Gasteiger partial charge in [0.15, 0.2) is 17.7 Å². The van der Waals surface area contributed by atoms with E-state index in [4.69, 9.17) is 18.9 Å². The second-order valence-corrected chi connectivity index (χ2v) is 12.3. The Morgan fingerprint density at radius 1 is 1.17 bits per heavy atom. The summed E-state index contributed by atoms with van der Waals surface area (Å²) in [5, 5.41) is 11.8. The monoisotopic (exact) mass is 502 g/mol. The van der Waals surface area contributed by atoms with Crippen molar-refractivity contribution in [1.29, 1.82) is 0 Å². The lowest BCUT2D eigenvalue weighted by atomic mass is 9.44. The van der Waals surface area contributed by atoms with Crippen molar-refractivity contribution in [1.82, 2.24) is 0 Å². The Labute approximate surface area is 212 Å². The highest BCUT2D eigenvalue weighted by Crippen LogP contribution is 2.71. The standard InChI is InChI=1S/C28H38O8/c1-25(2)35-23(24(32)34-6)28(36-25)10-8-18-17-11-15(12-21(31)33-5)19-13-16(29)7-9-26(19,3)22(17)20(30)14-27(18,28)4/h7,9,13,15,17-18,20,22-23,30H,8,10-12,14H2,1-6H3/t15-,17+,18+,20+,22-,23-,26+,27+,28+/m1/s1. The number of ketones is 1. The van der Waals surface area contributed by atoms with Crippen LogP contribution < -0.4 is 0 Å². The molecule has 0 unspecified atom stereocenters. The molecule has 0 bridgehead atoms. The average Bonchev–Trinajstić information content (AvgIpc) is 3.26. The second kappa shape index (κ2) is 8.23. The third-order valence-corrected chi connectivity index (χ3v) is 10.1. The molecule has 4 fully saturated rings. The molecule has 9 atom stereocenters. The van der Waals surface area contributed by atoms with Crippen molar-refractivity contribution in [2.24, 2.45) is 34.5 Å². The van der Waals surface area contributed by atoms with E-state index in [0.29, 0.717) is 19.3 Å². The van der Waals surface area contributed by atoms with Crippen LogP contribution in [0.2, 0.25) is 0 Å². The Hall–Kier alpha value is -2.03. The first-order chi connectivity index (χ1) is 16.8. The number of methoxy groups -OCH3 is 2. The Morgan fingerprint density at radius 2 is 1.89 bits per heavy atom. The zero-order valence-electron chi connectivity index (χ0n) is 22.0. The summed E-state index contributed by atoms with van der Waals surface area (Å²) in [6.07, 6.45) is 6.29. The Balaban J connectivity index is 1.59. The highest BCUT2D eigenvalue weighted by atomic mass is 16.8. The lowest BCUT2D eigenvalue weighted by Gasteiger charge is -2.61. The van der Waals surface area contributed by atoms with E-state index in [0.717, 1.165) is 12.0 Å². The van der Waals surface area contributed by atoms with Crippen molar-refractivity contribution < 1.29 is 38.4 Å². The molecule has 5 aliphatic rings. The Kier molecular flexibility index (Phi) is 5.86. The van der Waals surface area contributed by atoms with E-state index < -0.39 is 40.4 Å². The molecule has 0 aromatic heterocycles. The molecule has 1 aliphatic heterocycles. The van der Waals surface area contributed by atoms with Gasteiger partial charge >= 0.3 is 11.9 Å². The third kappa shape index (κ3) is 3.40. The smallest absolute Gasteiger partial charge is 0.338 e. The number of carbonyl (C=O) groups excluding carboxylic acids is 3. The fourth-order valence-electron chi connectivity index (χ4n) is 8.89. The minimum Gasteiger partial charge on any atom is -0.469 e. The molecule has 1 spiro atoms. The van der Waals surface area contributed by atoms with Crippen molar-refractivity contribution >= 4 is 17.7 Å². The van der Waals surface area contributed by atoms with Crippen LogP contribution in [0.3, 0.4) is 0 Å². The molecule has 4 aliphatic carbocycles. The highest BCUT2D eigenvalue weighted by molar-refractivity contribution is 6.01. The van der Waals surface area contributed by atoms with E-state index in [9.17, 15) is 19.5 Å². The lowest BCUT2D eigenvalue weighted by molar-refractivity contribution is -0.212. The third-order valence-electron chi connectivity index (χ3n) is 10.1. The van der Waals surface area contributed by atoms with Crippen LogP contribution >= 0.6 is 0 Å². The largest absolute Gasteiger partial charge is 0.469 e.